The van der Waals surface area contributed by atoms with Gasteiger partial charge in [0.15, 0.2) is 31.3 Å². The molecule has 4 saturated carbocycles. The molecule has 0 radical (unpaired) electrons. The first kappa shape index (κ1) is 60.8. The quantitative estimate of drug-likeness (QED) is 0.0411. The number of fused-ring (bicyclic) bond motifs is 3. The molecule has 5 heterocycles. The van der Waals surface area contributed by atoms with E-state index in [-0.39, 0.29) is 11.8 Å². The lowest BCUT2D eigenvalue weighted by Crippen LogP contribution is -2.66. The summed E-state index contributed by atoms with van der Waals surface area (Å²) in [5.41, 5.74) is -2.75. The van der Waals surface area contributed by atoms with Gasteiger partial charge in [0.1, 0.15) is 116 Å². The van der Waals surface area contributed by atoms with Gasteiger partial charge in [0.25, 0.3) is 0 Å². The van der Waals surface area contributed by atoms with E-state index in [1.807, 2.05) is 0 Å². The molecule has 17 N–H and O–H groups in total. The fourth-order valence-electron chi connectivity index (χ4n) is 14.9. The van der Waals surface area contributed by atoms with Gasteiger partial charge in [-0.15, -0.1) is 0 Å². The van der Waals surface area contributed by atoms with Crippen LogP contribution in [-0.2, 0) is 52.2 Å². The molecule has 1 spiro atoms. The number of rotatable bonds is 15. The van der Waals surface area contributed by atoms with Crippen molar-refractivity contribution in [2.75, 3.05) is 33.0 Å². The van der Waals surface area contributed by atoms with Crippen molar-refractivity contribution in [1.82, 2.24) is 0 Å². The van der Waals surface area contributed by atoms with Gasteiger partial charge in [0.2, 0.25) is 6.29 Å². The molecule has 0 aromatic rings. The molecule has 0 aromatic heterocycles. The lowest BCUT2D eigenvalue weighted by molar-refractivity contribution is -0.382. The van der Waals surface area contributed by atoms with Gasteiger partial charge in [0, 0.05) is 0 Å². The second-order valence-corrected chi connectivity index (χ2v) is 23.7. The van der Waals surface area contributed by atoms with Crippen LogP contribution in [0.3, 0.4) is 0 Å². The molecule has 31 atom stereocenters. The monoisotopic (exact) mass is 1130 g/mol. The summed E-state index contributed by atoms with van der Waals surface area (Å²) in [6.07, 6.45) is -38.9. The van der Waals surface area contributed by atoms with E-state index in [0.717, 1.165) is 0 Å². The van der Waals surface area contributed by atoms with Crippen LogP contribution in [0.1, 0.15) is 71.6 Å². The van der Waals surface area contributed by atoms with Crippen LogP contribution >= 0.6 is 0 Å². The van der Waals surface area contributed by atoms with E-state index >= 15 is 0 Å². The van der Waals surface area contributed by atoms with Gasteiger partial charge in [-0.3, -0.25) is 4.79 Å². The minimum absolute atomic E-state index is 0.0587. The summed E-state index contributed by atoms with van der Waals surface area (Å²) in [6, 6.07) is 0. The topological polar surface area (TPSA) is 453 Å². The zero-order valence-electron chi connectivity index (χ0n) is 43.3. The van der Waals surface area contributed by atoms with E-state index < -0.39 is 214 Å². The Kier molecular flexibility index (Phi) is 18.2. The van der Waals surface area contributed by atoms with Gasteiger partial charge < -0.3 is 134 Å². The molecule has 2 bridgehead atoms. The van der Waals surface area contributed by atoms with E-state index in [4.69, 9.17) is 47.4 Å². The van der Waals surface area contributed by atoms with Crippen molar-refractivity contribution >= 4 is 5.97 Å². The summed E-state index contributed by atoms with van der Waals surface area (Å²) >= 11 is 0. The first-order chi connectivity index (χ1) is 36.8. The highest BCUT2D eigenvalue weighted by Crippen LogP contribution is 2.74. The molecule has 5 aliphatic heterocycles. The first-order valence-electron chi connectivity index (χ1n) is 26.9. The second-order valence-electron chi connectivity index (χ2n) is 23.7. The van der Waals surface area contributed by atoms with Crippen LogP contribution in [-0.4, -0.2) is 285 Å². The Labute approximate surface area is 448 Å². The van der Waals surface area contributed by atoms with E-state index in [9.17, 15) is 91.6 Å². The Morgan fingerprint density at radius 2 is 0.949 bits per heavy atom. The molecule has 4 aliphatic carbocycles. The lowest BCUT2D eigenvalue weighted by atomic mass is 9.41. The van der Waals surface area contributed by atoms with Crippen LogP contribution in [0.2, 0.25) is 0 Å². The normalized spacial score (nSPS) is 54.5. The Balaban J connectivity index is 0.943. The van der Waals surface area contributed by atoms with Crippen LogP contribution in [0, 0.1) is 28.1 Å². The highest BCUT2D eigenvalue weighted by atomic mass is 16.8. The highest BCUT2D eigenvalue weighted by molar-refractivity contribution is 5.77. The zero-order chi connectivity index (χ0) is 56.7. The number of aliphatic hydroxyl groups excluding tert-OH is 17. The van der Waals surface area contributed by atoms with Crippen molar-refractivity contribution < 1.29 is 139 Å². The highest BCUT2D eigenvalue weighted by Gasteiger charge is 2.70. The van der Waals surface area contributed by atoms with Gasteiger partial charge >= 0.3 is 5.97 Å². The summed E-state index contributed by atoms with van der Waals surface area (Å²) in [6.45, 7) is 4.63. The molecule has 9 rings (SSSR count). The number of carbonyl (C=O) groups is 1. The van der Waals surface area contributed by atoms with Gasteiger partial charge in [0.05, 0.1) is 44.1 Å². The molecule has 5 saturated heterocycles. The van der Waals surface area contributed by atoms with Crippen LogP contribution in [0.5, 0.6) is 0 Å². The molecule has 0 aromatic carbocycles. The molecular formula is C50H80O28. The number of aliphatic hydroxyl groups is 17. The fraction of sp³-hybridized carbons (Fsp3) is 0.940. The molecule has 9 aliphatic rings. The zero-order valence-corrected chi connectivity index (χ0v) is 43.3. The molecule has 28 unspecified atom stereocenters. The Bertz CT molecular complexity index is 2070. The minimum atomic E-state index is -1.94. The van der Waals surface area contributed by atoms with Crippen molar-refractivity contribution in [2.45, 2.75) is 231 Å². The Morgan fingerprint density at radius 1 is 0.513 bits per heavy atom. The third-order valence-electron chi connectivity index (χ3n) is 19.2. The number of carbonyl (C=O) groups excluding carboxylic acids is 1. The summed E-state index contributed by atoms with van der Waals surface area (Å²) in [5, 5.41) is 180. The Hall–Kier alpha value is -1.83. The van der Waals surface area contributed by atoms with Crippen LogP contribution in [0.15, 0.2) is 12.2 Å². The number of ether oxygens (including phenoxy) is 10. The summed E-state index contributed by atoms with van der Waals surface area (Å²) < 4.78 is 59.5. The van der Waals surface area contributed by atoms with Crippen LogP contribution < -0.4 is 0 Å². The van der Waals surface area contributed by atoms with E-state index in [1.165, 1.54) is 0 Å². The molecule has 28 heteroatoms. The van der Waals surface area contributed by atoms with Gasteiger partial charge in [-0.2, -0.15) is 0 Å². The lowest BCUT2D eigenvalue weighted by Gasteiger charge is -2.64. The largest absolute Gasteiger partial charge is 0.432 e. The van der Waals surface area contributed by atoms with Crippen molar-refractivity contribution in [3.63, 3.8) is 0 Å². The third-order valence-corrected chi connectivity index (χ3v) is 19.2. The number of hydrogen-bond acceptors (Lipinski definition) is 28. The number of esters is 1. The maximum Gasteiger partial charge on any atom is 0.314 e. The Morgan fingerprint density at radius 3 is 1.47 bits per heavy atom. The minimum Gasteiger partial charge on any atom is -0.432 e. The smallest absolute Gasteiger partial charge is 0.314 e. The molecular weight excluding hydrogens is 1050 g/mol. The molecule has 9 fully saturated rings. The maximum atomic E-state index is 14.9. The van der Waals surface area contributed by atoms with Gasteiger partial charge in [-0.25, -0.2) is 0 Å². The van der Waals surface area contributed by atoms with Crippen molar-refractivity contribution in [2.24, 2.45) is 28.1 Å². The molecule has 28 nitrogen and oxygen atoms in total. The summed E-state index contributed by atoms with van der Waals surface area (Å²) in [4.78, 5) is 14.9. The maximum absolute atomic E-state index is 14.9. The van der Waals surface area contributed by atoms with E-state index in [2.05, 4.69) is 13.5 Å². The molecule has 0 amide bonds. The predicted octanol–water partition coefficient (Wildman–Crippen LogP) is -7.29. The van der Waals surface area contributed by atoms with Gasteiger partial charge in [-0.1, -0.05) is 19.9 Å². The molecule has 78 heavy (non-hydrogen) atoms. The van der Waals surface area contributed by atoms with Gasteiger partial charge in [-0.05, 0) is 86.5 Å². The SMILES string of the molecule is C=C1C[C@@]23CCC4C(C)(CCC[C@@]4(C)C(=O)OC4OC(CO)C(O)C(O)C4OC4OC(CO)C(O)C(O)C4O)[C@@H]2CCC1(OC1OC(COC2OC(CO)C(O)C(O)C2O)C(O)C(O)C1OC1OC(CO)C(O)C(O)C1O)C3. The standard InChI is InChI=1S/C50H80O28/c1-18-11-49-9-5-24-47(2,7-4-8-48(24,3)46(68)77-44-39(34(63)29(58)22(15-54)73-44)75-42-37(66)32(61)27(56)20(13-52)71-42)25(49)6-10-50(18,17-49)78-45-40(76-43-38(67)33(62)28(57)21(14-53)72-43)35(64)30(59)23(74-45)16-69-41-36(65)31(60)26(55)19(12-51)70-41/h19-45,51-67H,1,4-17H2,2-3H3/t19?,20?,21?,22?,23?,24?,25-,26?,27?,28?,29?,30?,31?,32?,33?,34?,35?,36?,37?,38?,39?,40?,41?,42?,43?,44?,45?,47?,48+,49+,50?/m0/s1. The van der Waals surface area contributed by atoms with Crippen LogP contribution in [0.25, 0.3) is 0 Å². The fourth-order valence-corrected chi connectivity index (χ4v) is 14.9. The van der Waals surface area contributed by atoms with E-state index in [1.54, 1.807) is 6.92 Å². The third kappa shape index (κ3) is 10.4. The van der Waals surface area contributed by atoms with Crippen molar-refractivity contribution in [3.05, 3.63) is 12.2 Å². The molecule has 448 valence electrons. The average Bonchev–Trinajstić information content (AvgIpc) is 3.47. The van der Waals surface area contributed by atoms with E-state index in [0.29, 0.717) is 63.4 Å². The second kappa shape index (κ2) is 23.3. The first-order valence-corrected chi connectivity index (χ1v) is 26.9. The summed E-state index contributed by atoms with van der Waals surface area (Å²) in [5.74, 6) is -1.12. The summed E-state index contributed by atoms with van der Waals surface area (Å²) in [7, 11) is 0. The average molecular weight is 1130 g/mol. The predicted molar refractivity (Wildman–Crippen MR) is 252 cm³/mol. The van der Waals surface area contributed by atoms with Crippen LogP contribution in [0.4, 0.5) is 0 Å². The number of hydrogen-bond donors (Lipinski definition) is 17. The van der Waals surface area contributed by atoms with Crippen molar-refractivity contribution in [1.29, 1.82) is 0 Å². The van der Waals surface area contributed by atoms with Crippen molar-refractivity contribution in [3.8, 4) is 0 Å².